The number of benzene rings is 1. The molecular formula is C12H6Cl2FNO2. The molecule has 1 N–H and O–H groups in total. The molecule has 0 bridgehead atoms. The highest BCUT2D eigenvalue weighted by atomic mass is 35.5. The number of halogens is 3. The van der Waals surface area contributed by atoms with Crippen LogP contribution in [0.2, 0.25) is 10.0 Å². The molecule has 0 spiro atoms. The zero-order chi connectivity index (χ0) is 13.3. The molecule has 92 valence electrons. The summed E-state index contributed by atoms with van der Waals surface area (Å²) in [5, 5.41) is 9.39. The van der Waals surface area contributed by atoms with E-state index in [9.17, 15) is 9.18 Å². The van der Waals surface area contributed by atoms with Crippen molar-refractivity contribution in [1.82, 2.24) is 4.98 Å². The predicted octanol–water partition coefficient (Wildman–Crippen LogP) is 3.89. The van der Waals surface area contributed by atoms with Crippen LogP contribution >= 0.6 is 23.2 Å². The first-order valence-electron chi connectivity index (χ1n) is 4.83. The number of rotatable bonds is 2. The third-order valence-corrected chi connectivity index (χ3v) is 2.84. The van der Waals surface area contributed by atoms with Gasteiger partial charge in [0, 0.05) is 16.8 Å². The molecule has 0 aliphatic rings. The Morgan fingerprint density at radius 1 is 1.28 bits per heavy atom. The third kappa shape index (κ3) is 2.44. The highest BCUT2D eigenvalue weighted by Crippen LogP contribution is 2.30. The molecule has 2 rings (SSSR count). The second-order valence-electron chi connectivity index (χ2n) is 3.48. The topological polar surface area (TPSA) is 50.2 Å². The minimum atomic E-state index is -1.25. The standard InChI is InChI=1S/C12H6Cl2FNO2/c13-7-1-2-9(14)8(4-7)11-10(15)3-6(5-16-11)12(17)18/h1-5H,(H,17,18). The summed E-state index contributed by atoms with van der Waals surface area (Å²) in [5.74, 6) is -2.01. The van der Waals surface area contributed by atoms with Crippen molar-refractivity contribution in [3.8, 4) is 11.3 Å². The minimum absolute atomic E-state index is 0.0347. The molecule has 0 aliphatic carbocycles. The molecule has 1 aromatic carbocycles. The maximum absolute atomic E-state index is 13.8. The van der Waals surface area contributed by atoms with Crippen LogP contribution in [-0.4, -0.2) is 16.1 Å². The van der Waals surface area contributed by atoms with Gasteiger partial charge in [0.1, 0.15) is 11.5 Å². The summed E-state index contributed by atoms with van der Waals surface area (Å²) < 4.78 is 13.8. The van der Waals surface area contributed by atoms with E-state index in [-0.39, 0.29) is 16.3 Å². The first-order chi connectivity index (χ1) is 8.49. The van der Waals surface area contributed by atoms with E-state index >= 15 is 0 Å². The average Bonchev–Trinajstić information content (AvgIpc) is 2.32. The number of hydrogen-bond donors (Lipinski definition) is 1. The fourth-order valence-corrected chi connectivity index (χ4v) is 1.81. The van der Waals surface area contributed by atoms with Gasteiger partial charge in [0.2, 0.25) is 0 Å². The Labute approximate surface area is 112 Å². The summed E-state index contributed by atoms with van der Waals surface area (Å²) >= 11 is 11.7. The van der Waals surface area contributed by atoms with E-state index in [4.69, 9.17) is 28.3 Å². The van der Waals surface area contributed by atoms with E-state index in [0.717, 1.165) is 12.3 Å². The number of pyridine rings is 1. The third-order valence-electron chi connectivity index (χ3n) is 2.27. The van der Waals surface area contributed by atoms with Gasteiger partial charge in [-0.15, -0.1) is 0 Å². The van der Waals surface area contributed by atoms with Crippen molar-refractivity contribution in [3.05, 3.63) is 51.9 Å². The Morgan fingerprint density at radius 3 is 2.61 bits per heavy atom. The van der Waals surface area contributed by atoms with Crippen molar-refractivity contribution in [2.45, 2.75) is 0 Å². The van der Waals surface area contributed by atoms with Crippen LogP contribution in [0.4, 0.5) is 4.39 Å². The smallest absolute Gasteiger partial charge is 0.337 e. The number of aromatic nitrogens is 1. The van der Waals surface area contributed by atoms with Gasteiger partial charge in [-0.3, -0.25) is 4.98 Å². The molecule has 1 aromatic heterocycles. The van der Waals surface area contributed by atoms with E-state index in [2.05, 4.69) is 4.98 Å². The lowest BCUT2D eigenvalue weighted by Gasteiger charge is -2.06. The molecular weight excluding hydrogens is 280 g/mol. The molecule has 0 unspecified atom stereocenters. The summed E-state index contributed by atoms with van der Waals surface area (Å²) in [6.07, 6.45) is 1.07. The number of hydrogen-bond acceptors (Lipinski definition) is 2. The van der Waals surface area contributed by atoms with Crippen LogP contribution in [0.3, 0.4) is 0 Å². The average molecular weight is 286 g/mol. The normalized spacial score (nSPS) is 10.4. The lowest BCUT2D eigenvalue weighted by molar-refractivity contribution is 0.0696. The van der Waals surface area contributed by atoms with E-state index in [0.29, 0.717) is 10.6 Å². The van der Waals surface area contributed by atoms with Crippen molar-refractivity contribution in [1.29, 1.82) is 0 Å². The number of carboxylic acids is 1. The Bertz CT molecular complexity index is 631. The summed E-state index contributed by atoms with van der Waals surface area (Å²) in [6.45, 7) is 0. The van der Waals surface area contributed by atoms with Crippen LogP contribution in [0.1, 0.15) is 10.4 Å². The summed E-state index contributed by atoms with van der Waals surface area (Å²) in [6, 6.07) is 5.44. The molecule has 0 saturated carbocycles. The molecule has 1 heterocycles. The quantitative estimate of drug-likeness (QED) is 0.911. The predicted molar refractivity (Wildman–Crippen MR) is 66.6 cm³/mol. The number of carboxylic acid groups (broad SMARTS) is 1. The van der Waals surface area contributed by atoms with E-state index in [1.165, 1.54) is 12.1 Å². The number of carbonyl (C=O) groups is 1. The zero-order valence-corrected chi connectivity index (χ0v) is 10.3. The fraction of sp³-hybridized carbons (Fsp3) is 0. The first-order valence-corrected chi connectivity index (χ1v) is 5.59. The minimum Gasteiger partial charge on any atom is -0.478 e. The van der Waals surface area contributed by atoms with Crippen molar-refractivity contribution in [3.63, 3.8) is 0 Å². The van der Waals surface area contributed by atoms with Crippen LogP contribution in [-0.2, 0) is 0 Å². The van der Waals surface area contributed by atoms with Crippen LogP contribution in [0, 0.1) is 5.82 Å². The molecule has 0 fully saturated rings. The van der Waals surface area contributed by atoms with E-state index in [1.807, 2.05) is 0 Å². The van der Waals surface area contributed by atoms with Crippen LogP contribution in [0.15, 0.2) is 30.5 Å². The van der Waals surface area contributed by atoms with Gasteiger partial charge in [-0.25, -0.2) is 9.18 Å². The number of nitrogens with zero attached hydrogens (tertiary/aromatic N) is 1. The summed E-state index contributed by atoms with van der Waals surface area (Å²) in [4.78, 5) is 14.4. The zero-order valence-electron chi connectivity index (χ0n) is 8.82. The van der Waals surface area contributed by atoms with Gasteiger partial charge in [0.05, 0.1) is 10.6 Å². The van der Waals surface area contributed by atoms with Gasteiger partial charge in [0.25, 0.3) is 0 Å². The van der Waals surface area contributed by atoms with Crippen molar-refractivity contribution in [2.75, 3.05) is 0 Å². The second-order valence-corrected chi connectivity index (χ2v) is 4.33. The van der Waals surface area contributed by atoms with Gasteiger partial charge in [0.15, 0.2) is 0 Å². The number of aromatic carboxylic acids is 1. The second kappa shape index (κ2) is 4.92. The first kappa shape index (κ1) is 12.8. The fourth-order valence-electron chi connectivity index (χ4n) is 1.43. The molecule has 0 aliphatic heterocycles. The Kier molecular flexibility index (Phi) is 3.50. The highest BCUT2D eigenvalue weighted by molar-refractivity contribution is 6.35. The largest absolute Gasteiger partial charge is 0.478 e. The molecule has 0 atom stereocenters. The molecule has 3 nitrogen and oxygen atoms in total. The Morgan fingerprint density at radius 2 is 2.00 bits per heavy atom. The maximum atomic E-state index is 13.8. The molecule has 0 saturated heterocycles. The lowest BCUT2D eigenvalue weighted by atomic mass is 10.1. The van der Waals surface area contributed by atoms with E-state index in [1.54, 1.807) is 6.07 Å². The molecule has 0 amide bonds. The van der Waals surface area contributed by atoms with Gasteiger partial charge >= 0.3 is 5.97 Å². The maximum Gasteiger partial charge on any atom is 0.337 e. The van der Waals surface area contributed by atoms with Crippen LogP contribution in [0.5, 0.6) is 0 Å². The van der Waals surface area contributed by atoms with Gasteiger partial charge < -0.3 is 5.11 Å². The Hall–Kier alpha value is -1.65. The van der Waals surface area contributed by atoms with Crippen LogP contribution < -0.4 is 0 Å². The van der Waals surface area contributed by atoms with Crippen molar-refractivity contribution < 1.29 is 14.3 Å². The lowest BCUT2D eigenvalue weighted by Crippen LogP contribution is -2.00. The SMILES string of the molecule is O=C(O)c1cnc(-c2cc(Cl)ccc2Cl)c(F)c1. The van der Waals surface area contributed by atoms with Crippen molar-refractivity contribution in [2.24, 2.45) is 0 Å². The molecule has 6 heteroatoms. The Balaban J connectivity index is 2.58. The molecule has 0 radical (unpaired) electrons. The molecule has 2 aromatic rings. The van der Waals surface area contributed by atoms with Crippen molar-refractivity contribution >= 4 is 29.2 Å². The van der Waals surface area contributed by atoms with Gasteiger partial charge in [-0.05, 0) is 24.3 Å². The highest BCUT2D eigenvalue weighted by Gasteiger charge is 2.14. The summed E-state index contributed by atoms with van der Waals surface area (Å²) in [7, 11) is 0. The van der Waals surface area contributed by atoms with Crippen LogP contribution in [0.25, 0.3) is 11.3 Å². The van der Waals surface area contributed by atoms with Gasteiger partial charge in [-0.2, -0.15) is 0 Å². The molecule has 18 heavy (non-hydrogen) atoms. The monoisotopic (exact) mass is 285 g/mol. The summed E-state index contributed by atoms with van der Waals surface area (Å²) in [5.41, 5.74) is 0.0560. The van der Waals surface area contributed by atoms with Gasteiger partial charge in [-0.1, -0.05) is 23.2 Å². The van der Waals surface area contributed by atoms with E-state index < -0.39 is 11.8 Å².